The number of carbonyl (C=O) groups is 1. The highest BCUT2D eigenvalue weighted by Crippen LogP contribution is 2.21. The summed E-state index contributed by atoms with van der Waals surface area (Å²) >= 11 is 5.89. The third kappa shape index (κ3) is 5.21. The van der Waals surface area contributed by atoms with E-state index in [-0.39, 0.29) is 17.6 Å². The van der Waals surface area contributed by atoms with Crippen LogP contribution in [0, 0.1) is 0 Å². The van der Waals surface area contributed by atoms with Gasteiger partial charge in [0.2, 0.25) is 11.1 Å². The van der Waals surface area contributed by atoms with Crippen molar-refractivity contribution in [3.8, 4) is 5.75 Å². The first-order valence-corrected chi connectivity index (χ1v) is 10.4. The van der Waals surface area contributed by atoms with Crippen molar-refractivity contribution in [2.24, 2.45) is 5.10 Å². The second kappa shape index (κ2) is 9.52. The number of methoxy groups -OCH3 is 1. The number of rotatable bonds is 8. The van der Waals surface area contributed by atoms with Crippen LogP contribution in [0.4, 0.5) is 11.1 Å². The van der Waals surface area contributed by atoms with Crippen LogP contribution in [0.5, 0.6) is 5.75 Å². The van der Waals surface area contributed by atoms with Crippen molar-refractivity contribution in [1.29, 1.82) is 0 Å². The van der Waals surface area contributed by atoms with E-state index in [0.29, 0.717) is 16.0 Å². The Morgan fingerprint density at radius 1 is 1.50 bits per heavy atom. The van der Waals surface area contributed by atoms with E-state index in [4.69, 9.17) is 10.6 Å². The van der Waals surface area contributed by atoms with Gasteiger partial charge in [0.15, 0.2) is 5.13 Å². The van der Waals surface area contributed by atoms with Crippen LogP contribution in [0.25, 0.3) is 0 Å². The van der Waals surface area contributed by atoms with Gasteiger partial charge in [-0.1, -0.05) is 27.7 Å². The number of nitrogen functional groups attached to an aromatic ring is 1. The van der Waals surface area contributed by atoms with Crippen LogP contribution in [0.15, 0.2) is 44.5 Å². The van der Waals surface area contributed by atoms with Crippen molar-refractivity contribution in [3.63, 3.8) is 0 Å². The Morgan fingerprint density at radius 3 is 3.11 bits per heavy atom. The number of aromatic nitrogens is 4. The van der Waals surface area contributed by atoms with E-state index >= 15 is 0 Å². The molecule has 13 heteroatoms. The van der Waals surface area contributed by atoms with Gasteiger partial charge in [-0.3, -0.25) is 4.79 Å². The standard InChI is InChI=1S/C15H15BrN8O2S2/c1-26-11-3-2-10(16)6-9(11)7-19-21-13-22-23-15(24(13)17)28-8-12(25)20-14-18-4-5-27-14/h2-7H,8,17H2,1H3,(H,21,22)(H,18,20,25)/b19-7+. The van der Waals surface area contributed by atoms with E-state index in [1.54, 1.807) is 24.9 Å². The third-order valence-electron chi connectivity index (χ3n) is 3.24. The largest absolute Gasteiger partial charge is 0.496 e. The van der Waals surface area contributed by atoms with E-state index in [1.807, 2.05) is 18.2 Å². The minimum atomic E-state index is -0.211. The molecule has 0 aliphatic heterocycles. The molecule has 0 aliphatic carbocycles. The molecule has 0 saturated heterocycles. The molecule has 4 N–H and O–H groups in total. The van der Waals surface area contributed by atoms with Crippen molar-refractivity contribution in [1.82, 2.24) is 19.9 Å². The van der Waals surface area contributed by atoms with Crippen LogP contribution in [0.3, 0.4) is 0 Å². The number of hydrazone groups is 1. The molecule has 10 nitrogen and oxygen atoms in total. The minimum absolute atomic E-state index is 0.118. The highest BCUT2D eigenvalue weighted by atomic mass is 79.9. The fourth-order valence-electron chi connectivity index (χ4n) is 1.99. The van der Waals surface area contributed by atoms with Gasteiger partial charge in [-0.25, -0.2) is 15.1 Å². The fraction of sp³-hybridized carbons (Fsp3) is 0.133. The predicted molar refractivity (Wildman–Crippen MR) is 114 cm³/mol. The van der Waals surface area contributed by atoms with Crippen LogP contribution in [0.2, 0.25) is 0 Å². The summed E-state index contributed by atoms with van der Waals surface area (Å²) in [6.45, 7) is 0. The molecule has 2 aromatic heterocycles. The van der Waals surface area contributed by atoms with Crippen molar-refractivity contribution in [2.75, 3.05) is 29.4 Å². The normalized spacial score (nSPS) is 10.9. The molecule has 3 rings (SSSR count). The van der Waals surface area contributed by atoms with Gasteiger partial charge < -0.3 is 15.9 Å². The zero-order valence-electron chi connectivity index (χ0n) is 14.5. The first-order chi connectivity index (χ1) is 13.6. The van der Waals surface area contributed by atoms with Crippen LogP contribution >= 0.6 is 39.0 Å². The number of ether oxygens (including phenoxy) is 1. The Morgan fingerprint density at radius 2 is 2.36 bits per heavy atom. The van der Waals surface area contributed by atoms with Gasteiger partial charge in [-0.15, -0.1) is 21.5 Å². The molecular formula is C15H15BrN8O2S2. The van der Waals surface area contributed by atoms with Crippen LogP contribution in [-0.4, -0.2) is 44.8 Å². The van der Waals surface area contributed by atoms with E-state index in [9.17, 15) is 4.79 Å². The lowest BCUT2D eigenvalue weighted by Gasteiger charge is -2.05. The molecule has 2 heterocycles. The topological polar surface area (TPSA) is 132 Å². The molecule has 0 atom stereocenters. The van der Waals surface area contributed by atoms with Gasteiger partial charge in [-0.2, -0.15) is 5.10 Å². The highest BCUT2D eigenvalue weighted by Gasteiger charge is 2.12. The van der Waals surface area contributed by atoms with E-state index in [0.717, 1.165) is 21.8 Å². The molecule has 0 saturated carbocycles. The number of amides is 1. The Balaban J connectivity index is 1.57. The molecule has 0 spiro atoms. The molecule has 28 heavy (non-hydrogen) atoms. The average molecular weight is 483 g/mol. The number of hydrogen-bond acceptors (Lipinski definition) is 10. The van der Waals surface area contributed by atoms with Crippen molar-refractivity contribution in [3.05, 3.63) is 39.8 Å². The number of thioether (sulfide) groups is 1. The summed E-state index contributed by atoms with van der Waals surface area (Å²) in [6.07, 6.45) is 3.19. The highest BCUT2D eigenvalue weighted by molar-refractivity contribution is 9.10. The quantitative estimate of drug-likeness (QED) is 0.193. The lowest BCUT2D eigenvalue weighted by atomic mass is 10.2. The molecular weight excluding hydrogens is 468 g/mol. The number of nitrogens with one attached hydrogen (secondary N) is 2. The molecule has 0 bridgehead atoms. The molecule has 1 aromatic carbocycles. The van der Waals surface area contributed by atoms with Crippen LogP contribution in [-0.2, 0) is 4.79 Å². The maximum Gasteiger partial charge on any atom is 0.264 e. The molecule has 0 unspecified atom stereocenters. The van der Waals surface area contributed by atoms with Gasteiger partial charge >= 0.3 is 0 Å². The van der Waals surface area contributed by atoms with E-state index < -0.39 is 0 Å². The number of hydrogen-bond donors (Lipinski definition) is 3. The summed E-state index contributed by atoms with van der Waals surface area (Å²) in [7, 11) is 1.58. The Hall–Kier alpha value is -2.64. The van der Waals surface area contributed by atoms with E-state index in [2.05, 4.69) is 47.0 Å². The first-order valence-electron chi connectivity index (χ1n) is 7.72. The Kier molecular flexibility index (Phi) is 6.84. The first kappa shape index (κ1) is 20.1. The average Bonchev–Trinajstić information content (AvgIpc) is 3.31. The number of halogens is 1. The van der Waals surface area contributed by atoms with Gasteiger partial charge in [0.05, 0.1) is 19.1 Å². The number of carbonyl (C=O) groups excluding carboxylic acids is 1. The maximum atomic E-state index is 11.9. The van der Waals surface area contributed by atoms with E-state index in [1.165, 1.54) is 16.0 Å². The molecule has 0 aliphatic rings. The molecule has 3 aromatic rings. The molecule has 0 fully saturated rings. The molecule has 146 valence electrons. The van der Waals surface area contributed by atoms with Crippen LogP contribution < -0.4 is 21.3 Å². The van der Waals surface area contributed by atoms with Gasteiger partial charge in [0.1, 0.15) is 5.75 Å². The second-order valence-electron chi connectivity index (χ2n) is 5.11. The van der Waals surface area contributed by atoms with Gasteiger partial charge in [-0.05, 0) is 18.2 Å². The number of anilines is 2. The second-order valence-corrected chi connectivity index (χ2v) is 7.86. The Labute approximate surface area is 176 Å². The number of nitrogens with zero attached hydrogens (tertiary/aromatic N) is 5. The van der Waals surface area contributed by atoms with Crippen LogP contribution in [0.1, 0.15) is 5.56 Å². The number of nitrogens with two attached hydrogens (primary N) is 1. The Bertz CT molecular complexity index is 977. The summed E-state index contributed by atoms with van der Waals surface area (Å²) < 4.78 is 7.39. The van der Waals surface area contributed by atoms with Crippen molar-refractivity contribution >= 4 is 62.2 Å². The third-order valence-corrected chi connectivity index (χ3v) is 5.36. The lowest BCUT2D eigenvalue weighted by molar-refractivity contribution is -0.113. The summed E-state index contributed by atoms with van der Waals surface area (Å²) in [5.41, 5.74) is 3.48. The van der Waals surface area contributed by atoms with Gasteiger partial charge in [0, 0.05) is 21.6 Å². The summed E-state index contributed by atoms with van der Waals surface area (Å²) in [4.78, 5) is 15.9. The minimum Gasteiger partial charge on any atom is -0.496 e. The zero-order valence-corrected chi connectivity index (χ0v) is 17.7. The maximum absolute atomic E-state index is 11.9. The lowest BCUT2D eigenvalue weighted by Crippen LogP contribution is -2.16. The predicted octanol–water partition coefficient (Wildman–Crippen LogP) is 2.40. The summed E-state index contributed by atoms with van der Waals surface area (Å²) in [5, 5.41) is 17.3. The fourth-order valence-corrected chi connectivity index (χ4v) is 3.57. The number of thiazole rings is 1. The van der Waals surface area contributed by atoms with Crippen molar-refractivity contribution in [2.45, 2.75) is 5.16 Å². The molecule has 1 amide bonds. The monoisotopic (exact) mass is 482 g/mol. The molecule has 0 radical (unpaired) electrons. The number of benzene rings is 1. The smallest absolute Gasteiger partial charge is 0.264 e. The van der Waals surface area contributed by atoms with Gasteiger partial charge in [0.25, 0.3) is 5.95 Å². The summed E-state index contributed by atoms with van der Waals surface area (Å²) in [6, 6.07) is 5.55. The SMILES string of the molecule is COc1ccc(Br)cc1/C=N/Nc1nnc(SCC(=O)Nc2nccs2)n1N. The van der Waals surface area contributed by atoms with Crippen molar-refractivity contribution < 1.29 is 9.53 Å². The zero-order chi connectivity index (χ0) is 19.9. The summed E-state index contributed by atoms with van der Waals surface area (Å²) in [5.74, 6) is 6.75.